The fourth-order valence-corrected chi connectivity index (χ4v) is 6.06. The summed E-state index contributed by atoms with van der Waals surface area (Å²) in [7, 11) is -3.52. The first kappa shape index (κ1) is 22.8. The van der Waals surface area contributed by atoms with Crippen molar-refractivity contribution < 1.29 is 17.9 Å². The van der Waals surface area contributed by atoms with Gasteiger partial charge in [0.2, 0.25) is 5.91 Å². The smallest absolute Gasteiger partial charge is 0.282 e. The Bertz CT molecular complexity index is 608. The first-order valence-corrected chi connectivity index (χ1v) is 11.1. The van der Waals surface area contributed by atoms with Crippen molar-refractivity contribution >= 4 is 28.5 Å². The number of piperazine rings is 1. The highest BCUT2D eigenvalue weighted by Gasteiger charge is 2.41. The summed E-state index contributed by atoms with van der Waals surface area (Å²) < 4.78 is 34.5. The van der Waals surface area contributed by atoms with Crippen LogP contribution in [-0.4, -0.2) is 84.9 Å². The number of rotatable bonds is 3. The predicted molar refractivity (Wildman–Crippen MR) is 106 cm³/mol. The fraction of sp³-hybridized carbons (Fsp3) is 0.941. The van der Waals surface area contributed by atoms with Crippen molar-refractivity contribution in [1.29, 1.82) is 0 Å². The van der Waals surface area contributed by atoms with Gasteiger partial charge < -0.3 is 15.4 Å². The van der Waals surface area contributed by atoms with E-state index in [1.54, 1.807) is 4.90 Å². The average Bonchev–Trinajstić information content (AvgIpc) is 2.61. The van der Waals surface area contributed by atoms with Crippen LogP contribution in [0.15, 0.2) is 0 Å². The van der Waals surface area contributed by atoms with Crippen LogP contribution in [0.5, 0.6) is 0 Å². The van der Waals surface area contributed by atoms with Crippen LogP contribution in [0.25, 0.3) is 0 Å². The monoisotopic (exact) mass is 424 g/mol. The molecule has 3 fully saturated rings. The molecule has 0 spiro atoms. The topological polar surface area (TPSA) is 96.2 Å². The van der Waals surface area contributed by atoms with Crippen LogP contribution < -0.4 is 5.73 Å². The zero-order valence-corrected chi connectivity index (χ0v) is 17.9. The van der Waals surface area contributed by atoms with E-state index in [1.165, 1.54) is 8.61 Å². The van der Waals surface area contributed by atoms with E-state index in [4.69, 9.17) is 10.5 Å². The van der Waals surface area contributed by atoms with E-state index in [-0.39, 0.29) is 30.5 Å². The molecule has 2 aliphatic heterocycles. The lowest BCUT2D eigenvalue weighted by molar-refractivity contribution is -0.139. The van der Waals surface area contributed by atoms with Crippen LogP contribution in [0.2, 0.25) is 0 Å². The van der Waals surface area contributed by atoms with Gasteiger partial charge in [-0.05, 0) is 26.7 Å². The Labute approximate surface area is 169 Å². The van der Waals surface area contributed by atoms with Gasteiger partial charge in [0.05, 0.1) is 17.7 Å². The summed E-state index contributed by atoms with van der Waals surface area (Å²) >= 11 is 0. The molecule has 1 amide bonds. The van der Waals surface area contributed by atoms with E-state index < -0.39 is 15.7 Å². The van der Waals surface area contributed by atoms with Gasteiger partial charge in [0.25, 0.3) is 10.2 Å². The molecule has 8 nitrogen and oxygen atoms in total. The second-order valence-corrected chi connectivity index (χ2v) is 9.92. The van der Waals surface area contributed by atoms with Crippen molar-refractivity contribution in [1.82, 2.24) is 13.5 Å². The SMILES string of the molecule is CC1CN(S(=O)(=O)N2CCN(C(=O)C3(N)CCCCC3)CC2)CC(C)O1.Cl. The van der Waals surface area contributed by atoms with Crippen molar-refractivity contribution in [3.8, 4) is 0 Å². The standard InChI is InChI=1S/C17H32N4O4S.ClH/c1-14-12-21(13-15(2)25-14)26(23,24)20-10-8-19(9-11-20)16(22)17(18)6-4-3-5-7-17;/h14-15H,3-13,18H2,1-2H3;1H. The Morgan fingerprint density at radius 1 is 0.963 bits per heavy atom. The minimum Gasteiger partial charge on any atom is -0.373 e. The van der Waals surface area contributed by atoms with E-state index in [0.29, 0.717) is 39.3 Å². The van der Waals surface area contributed by atoms with Gasteiger partial charge in [-0.2, -0.15) is 17.0 Å². The van der Waals surface area contributed by atoms with Gasteiger partial charge in [-0.3, -0.25) is 4.79 Å². The lowest BCUT2D eigenvalue weighted by Gasteiger charge is -2.42. The quantitative estimate of drug-likeness (QED) is 0.714. The second-order valence-electron chi connectivity index (χ2n) is 7.99. The summed E-state index contributed by atoms with van der Waals surface area (Å²) in [5.41, 5.74) is 5.60. The molecule has 3 rings (SSSR count). The van der Waals surface area contributed by atoms with Gasteiger partial charge in [0, 0.05) is 39.3 Å². The van der Waals surface area contributed by atoms with Crippen LogP contribution in [0.3, 0.4) is 0 Å². The van der Waals surface area contributed by atoms with E-state index in [0.717, 1.165) is 32.1 Å². The highest BCUT2D eigenvalue weighted by atomic mass is 35.5. The minimum atomic E-state index is -3.52. The van der Waals surface area contributed by atoms with E-state index in [9.17, 15) is 13.2 Å². The van der Waals surface area contributed by atoms with Crippen molar-refractivity contribution in [3.05, 3.63) is 0 Å². The summed E-state index contributed by atoms with van der Waals surface area (Å²) in [5.74, 6) is -0.0112. The van der Waals surface area contributed by atoms with Crippen molar-refractivity contribution in [3.63, 3.8) is 0 Å². The van der Waals surface area contributed by atoms with Crippen molar-refractivity contribution in [2.75, 3.05) is 39.3 Å². The third kappa shape index (κ3) is 4.94. The Hall–Kier alpha value is -0.450. The molecule has 10 heteroatoms. The van der Waals surface area contributed by atoms with E-state index in [1.807, 2.05) is 13.8 Å². The molecule has 0 aromatic rings. The Morgan fingerprint density at radius 3 is 2.00 bits per heavy atom. The van der Waals surface area contributed by atoms with Crippen LogP contribution in [0.1, 0.15) is 46.0 Å². The summed E-state index contributed by atoms with van der Waals surface area (Å²) in [6.07, 6.45) is 4.35. The number of nitrogens with zero attached hydrogens (tertiary/aromatic N) is 3. The average molecular weight is 425 g/mol. The number of hydrogen-bond donors (Lipinski definition) is 1. The molecule has 2 atom stereocenters. The number of ether oxygens (including phenoxy) is 1. The Balaban J connectivity index is 0.00000261. The van der Waals surface area contributed by atoms with Gasteiger partial charge in [0.15, 0.2) is 0 Å². The number of nitrogens with two attached hydrogens (primary N) is 1. The normalized spacial score (nSPS) is 30.6. The fourth-order valence-electron chi connectivity index (χ4n) is 4.32. The summed E-state index contributed by atoms with van der Waals surface area (Å²) in [4.78, 5) is 14.6. The first-order valence-electron chi connectivity index (χ1n) is 9.71. The summed E-state index contributed by atoms with van der Waals surface area (Å²) in [6, 6.07) is 0. The number of carbonyl (C=O) groups is 1. The molecule has 2 heterocycles. The van der Waals surface area contributed by atoms with Gasteiger partial charge in [-0.1, -0.05) is 19.3 Å². The van der Waals surface area contributed by atoms with Crippen molar-refractivity contribution in [2.45, 2.75) is 63.7 Å². The third-order valence-corrected chi connectivity index (χ3v) is 7.70. The molecule has 0 aromatic carbocycles. The molecule has 2 saturated heterocycles. The molecule has 1 saturated carbocycles. The maximum atomic E-state index is 12.9. The number of halogens is 1. The molecular formula is C17H33ClN4O4S. The van der Waals surface area contributed by atoms with Gasteiger partial charge in [-0.15, -0.1) is 12.4 Å². The molecule has 1 aliphatic carbocycles. The molecule has 2 N–H and O–H groups in total. The van der Waals surface area contributed by atoms with Crippen LogP contribution in [0.4, 0.5) is 0 Å². The molecule has 158 valence electrons. The predicted octanol–water partition coefficient (Wildman–Crippen LogP) is 0.568. The maximum Gasteiger partial charge on any atom is 0.282 e. The molecule has 0 bridgehead atoms. The van der Waals surface area contributed by atoms with Gasteiger partial charge in [0.1, 0.15) is 0 Å². The van der Waals surface area contributed by atoms with Crippen LogP contribution in [-0.2, 0) is 19.7 Å². The van der Waals surface area contributed by atoms with Crippen LogP contribution in [0, 0.1) is 0 Å². The largest absolute Gasteiger partial charge is 0.373 e. The number of amides is 1. The lowest BCUT2D eigenvalue weighted by Crippen LogP contribution is -2.62. The minimum absolute atomic E-state index is 0. The van der Waals surface area contributed by atoms with Gasteiger partial charge in [-0.25, -0.2) is 0 Å². The maximum absolute atomic E-state index is 12.9. The summed E-state index contributed by atoms with van der Waals surface area (Å²) in [6.45, 7) is 5.99. The third-order valence-electron chi connectivity index (χ3n) is 5.74. The molecule has 3 aliphatic rings. The number of morpholine rings is 1. The zero-order valence-electron chi connectivity index (χ0n) is 16.3. The van der Waals surface area contributed by atoms with Gasteiger partial charge >= 0.3 is 0 Å². The van der Waals surface area contributed by atoms with Crippen molar-refractivity contribution in [2.24, 2.45) is 5.73 Å². The number of hydrogen-bond acceptors (Lipinski definition) is 5. The first-order chi connectivity index (χ1) is 12.2. The summed E-state index contributed by atoms with van der Waals surface area (Å²) in [5, 5.41) is 0. The highest BCUT2D eigenvalue weighted by Crippen LogP contribution is 2.28. The van der Waals surface area contributed by atoms with E-state index in [2.05, 4.69) is 0 Å². The van der Waals surface area contributed by atoms with Crippen LogP contribution >= 0.6 is 12.4 Å². The molecule has 2 unspecified atom stereocenters. The number of carbonyl (C=O) groups excluding carboxylic acids is 1. The second kappa shape index (κ2) is 8.92. The molecule has 0 radical (unpaired) electrons. The molecular weight excluding hydrogens is 392 g/mol. The van der Waals surface area contributed by atoms with E-state index >= 15 is 0 Å². The zero-order chi connectivity index (χ0) is 18.9. The lowest BCUT2D eigenvalue weighted by atomic mass is 9.81. The molecule has 27 heavy (non-hydrogen) atoms. The molecule has 0 aromatic heterocycles. The Morgan fingerprint density at radius 2 is 1.48 bits per heavy atom. The highest BCUT2D eigenvalue weighted by molar-refractivity contribution is 7.86. The Kier molecular flexibility index (Phi) is 7.54.